The Bertz CT molecular complexity index is 463. The van der Waals surface area contributed by atoms with Gasteiger partial charge in [0.15, 0.2) is 0 Å². The van der Waals surface area contributed by atoms with Crippen LogP contribution in [0.1, 0.15) is 29.3 Å². The highest BCUT2D eigenvalue weighted by molar-refractivity contribution is 7.98. The zero-order chi connectivity index (χ0) is 14.4. The van der Waals surface area contributed by atoms with Crippen molar-refractivity contribution in [3.05, 3.63) is 35.4 Å². The Hall–Kier alpha value is -1.07. The van der Waals surface area contributed by atoms with Crippen molar-refractivity contribution in [2.75, 3.05) is 19.1 Å². The molecule has 1 aromatic rings. The first-order chi connectivity index (χ1) is 8.97. The Morgan fingerprint density at radius 1 is 1.47 bits per heavy atom. The Labute approximate surface area is 124 Å². The van der Waals surface area contributed by atoms with Crippen molar-refractivity contribution in [3.8, 4) is 0 Å². The molecule has 1 aromatic carbocycles. The van der Waals surface area contributed by atoms with Crippen LogP contribution in [0.3, 0.4) is 0 Å². The van der Waals surface area contributed by atoms with Gasteiger partial charge in [-0.1, -0.05) is 24.4 Å². The van der Waals surface area contributed by atoms with Gasteiger partial charge >= 0.3 is 0 Å². The van der Waals surface area contributed by atoms with Gasteiger partial charge in [-0.3, -0.25) is 4.79 Å². The molecule has 0 aliphatic rings. The summed E-state index contributed by atoms with van der Waals surface area (Å²) in [6.45, 7) is 2.06. The van der Waals surface area contributed by atoms with Crippen molar-refractivity contribution in [3.63, 3.8) is 0 Å². The molecular formula is C14H20N2OS2. The number of nitrogens with two attached hydrogens (primary N) is 1. The van der Waals surface area contributed by atoms with E-state index in [0.717, 1.165) is 17.7 Å². The maximum absolute atomic E-state index is 12.4. The molecule has 0 radical (unpaired) electrons. The SMILES string of the molecule is CSCCC(C)N(C)C(=O)c1cccc(C(N)=S)c1. The van der Waals surface area contributed by atoms with Crippen LogP contribution in [0.25, 0.3) is 0 Å². The lowest BCUT2D eigenvalue weighted by Gasteiger charge is -2.25. The van der Waals surface area contributed by atoms with Crippen molar-refractivity contribution in [1.82, 2.24) is 4.90 Å². The molecule has 2 N–H and O–H groups in total. The molecular weight excluding hydrogens is 276 g/mol. The molecule has 1 atom stereocenters. The molecule has 1 amide bonds. The molecule has 0 heterocycles. The normalized spacial score (nSPS) is 11.9. The summed E-state index contributed by atoms with van der Waals surface area (Å²) in [6.07, 6.45) is 3.05. The number of hydrogen-bond donors (Lipinski definition) is 1. The average molecular weight is 296 g/mol. The number of carbonyl (C=O) groups is 1. The van der Waals surface area contributed by atoms with Crippen LogP contribution in [0.4, 0.5) is 0 Å². The number of thiocarbonyl (C=S) groups is 1. The summed E-state index contributed by atoms with van der Waals surface area (Å²) in [5.74, 6) is 1.05. The minimum Gasteiger partial charge on any atom is -0.389 e. The van der Waals surface area contributed by atoms with Crippen molar-refractivity contribution in [2.24, 2.45) is 5.73 Å². The minimum absolute atomic E-state index is 0.00621. The van der Waals surface area contributed by atoms with Gasteiger partial charge in [-0.05, 0) is 37.5 Å². The third-order valence-electron chi connectivity index (χ3n) is 3.12. The molecule has 104 valence electrons. The second kappa shape index (κ2) is 7.50. The molecule has 0 bridgehead atoms. The second-order valence-corrected chi connectivity index (χ2v) is 5.92. The molecule has 0 aliphatic carbocycles. The fourth-order valence-electron chi connectivity index (χ4n) is 1.69. The summed E-state index contributed by atoms with van der Waals surface area (Å²) in [5, 5.41) is 0. The maximum Gasteiger partial charge on any atom is 0.253 e. The van der Waals surface area contributed by atoms with E-state index in [1.54, 1.807) is 28.8 Å². The van der Waals surface area contributed by atoms with Crippen LogP contribution in [0, 0.1) is 0 Å². The summed E-state index contributed by atoms with van der Waals surface area (Å²) in [5.41, 5.74) is 6.94. The van der Waals surface area contributed by atoms with E-state index in [2.05, 4.69) is 13.2 Å². The minimum atomic E-state index is 0.00621. The van der Waals surface area contributed by atoms with Gasteiger partial charge in [0.1, 0.15) is 4.99 Å². The van der Waals surface area contributed by atoms with Crippen LogP contribution in [0.15, 0.2) is 24.3 Å². The molecule has 1 rings (SSSR count). The lowest BCUT2D eigenvalue weighted by atomic mass is 10.1. The van der Waals surface area contributed by atoms with E-state index >= 15 is 0 Å². The predicted molar refractivity (Wildman–Crippen MR) is 86.9 cm³/mol. The number of rotatable bonds is 6. The quantitative estimate of drug-likeness (QED) is 0.820. The third-order valence-corrected chi connectivity index (χ3v) is 3.99. The van der Waals surface area contributed by atoms with E-state index in [4.69, 9.17) is 18.0 Å². The van der Waals surface area contributed by atoms with Crippen LogP contribution >= 0.6 is 24.0 Å². The van der Waals surface area contributed by atoms with Gasteiger partial charge in [-0.15, -0.1) is 0 Å². The number of carbonyl (C=O) groups excluding carboxylic acids is 1. The lowest BCUT2D eigenvalue weighted by molar-refractivity contribution is 0.0741. The van der Waals surface area contributed by atoms with Crippen molar-refractivity contribution >= 4 is 34.9 Å². The van der Waals surface area contributed by atoms with Crippen LogP contribution in [-0.4, -0.2) is 40.9 Å². The van der Waals surface area contributed by atoms with Crippen LogP contribution in [-0.2, 0) is 0 Å². The Morgan fingerprint density at radius 2 is 2.11 bits per heavy atom. The molecule has 3 nitrogen and oxygen atoms in total. The van der Waals surface area contributed by atoms with Crippen molar-refractivity contribution in [2.45, 2.75) is 19.4 Å². The van der Waals surface area contributed by atoms with Gasteiger partial charge in [-0.2, -0.15) is 11.8 Å². The van der Waals surface area contributed by atoms with E-state index in [9.17, 15) is 4.79 Å². The zero-order valence-corrected chi connectivity index (χ0v) is 13.2. The van der Waals surface area contributed by atoms with Gasteiger partial charge in [0.2, 0.25) is 0 Å². The molecule has 5 heteroatoms. The second-order valence-electron chi connectivity index (χ2n) is 4.49. The third kappa shape index (κ3) is 4.51. The van der Waals surface area contributed by atoms with Crippen LogP contribution < -0.4 is 5.73 Å². The summed E-state index contributed by atoms with van der Waals surface area (Å²) in [6, 6.07) is 7.39. The molecule has 0 saturated carbocycles. The van der Waals surface area contributed by atoms with E-state index in [1.807, 2.05) is 19.2 Å². The van der Waals surface area contributed by atoms with E-state index < -0.39 is 0 Å². The summed E-state index contributed by atoms with van der Waals surface area (Å²) >= 11 is 6.72. The van der Waals surface area contributed by atoms with Gasteiger partial charge in [0, 0.05) is 24.2 Å². The molecule has 0 aromatic heterocycles. The maximum atomic E-state index is 12.4. The first-order valence-corrected chi connectivity index (χ1v) is 7.93. The Kier molecular flexibility index (Phi) is 6.31. The highest BCUT2D eigenvalue weighted by atomic mass is 32.2. The molecule has 0 spiro atoms. The fourth-order valence-corrected chi connectivity index (χ4v) is 2.40. The van der Waals surface area contributed by atoms with Gasteiger partial charge < -0.3 is 10.6 Å². The number of nitrogens with zero attached hydrogens (tertiary/aromatic N) is 1. The molecule has 1 unspecified atom stereocenters. The molecule has 0 aliphatic heterocycles. The number of hydrogen-bond acceptors (Lipinski definition) is 3. The largest absolute Gasteiger partial charge is 0.389 e. The van der Waals surface area contributed by atoms with Crippen molar-refractivity contribution < 1.29 is 4.79 Å². The van der Waals surface area contributed by atoms with Gasteiger partial charge in [0.05, 0.1) is 0 Å². The molecule has 0 fully saturated rings. The molecule has 19 heavy (non-hydrogen) atoms. The van der Waals surface area contributed by atoms with Gasteiger partial charge in [-0.25, -0.2) is 0 Å². The van der Waals surface area contributed by atoms with E-state index in [-0.39, 0.29) is 11.9 Å². The van der Waals surface area contributed by atoms with Crippen molar-refractivity contribution in [1.29, 1.82) is 0 Å². The first-order valence-electron chi connectivity index (χ1n) is 6.13. The smallest absolute Gasteiger partial charge is 0.253 e. The topological polar surface area (TPSA) is 46.3 Å². The number of benzene rings is 1. The summed E-state index contributed by atoms with van der Waals surface area (Å²) in [4.78, 5) is 14.4. The summed E-state index contributed by atoms with van der Waals surface area (Å²) < 4.78 is 0. The number of thioether (sulfide) groups is 1. The van der Waals surface area contributed by atoms with E-state index in [0.29, 0.717) is 10.6 Å². The highest BCUT2D eigenvalue weighted by Crippen LogP contribution is 2.12. The van der Waals surface area contributed by atoms with E-state index in [1.165, 1.54) is 0 Å². The standard InChI is InChI=1S/C14H20N2OS2/c1-10(7-8-19-3)16(2)14(17)12-6-4-5-11(9-12)13(15)18/h4-6,9-10H,7-8H2,1-3H3,(H2,15,18). The Balaban J connectivity index is 2.81. The van der Waals surface area contributed by atoms with Crippen LogP contribution in [0.2, 0.25) is 0 Å². The predicted octanol–water partition coefficient (Wildman–Crippen LogP) is 2.53. The Morgan fingerprint density at radius 3 is 2.68 bits per heavy atom. The average Bonchev–Trinajstić information content (AvgIpc) is 2.43. The van der Waals surface area contributed by atoms with Crippen LogP contribution in [0.5, 0.6) is 0 Å². The first kappa shape index (κ1) is 16.0. The van der Waals surface area contributed by atoms with Gasteiger partial charge in [0.25, 0.3) is 5.91 Å². The fraction of sp³-hybridized carbons (Fsp3) is 0.429. The molecule has 0 saturated heterocycles. The monoisotopic (exact) mass is 296 g/mol. The number of amides is 1. The lowest BCUT2D eigenvalue weighted by Crippen LogP contribution is -2.35. The zero-order valence-electron chi connectivity index (χ0n) is 11.6. The summed E-state index contributed by atoms with van der Waals surface area (Å²) in [7, 11) is 1.83. The highest BCUT2D eigenvalue weighted by Gasteiger charge is 2.17.